The van der Waals surface area contributed by atoms with Gasteiger partial charge < -0.3 is 28.6 Å². The number of unbranched alkanes of at least 4 members (excludes halogenated alkanes) is 42. The second-order valence-corrected chi connectivity index (χ2v) is 22.0. The van der Waals surface area contributed by atoms with Crippen LogP contribution in [0.15, 0.2) is 0 Å². The third kappa shape index (κ3) is 49.3. The molecule has 0 heterocycles. The van der Waals surface area contributed by atoms with Crippen LogP contribution >= 0.6 is 0 Å². The van der Waals surface area contributed by atoms with Crippen LogP contribution in [-0.4, -0.2) is 75.5 Å². The molecular formula is C60H117NO7. The lowest BCUT2D eigenvalue weighted by Crippen LogP contribution is -2.55. The van der Waals surface area contributed by atoms with E-state index in [1.165, 1.54) is 244 Å². The monoisotopic (exact) mass is 964 g/mol. The minimum Gasteiger partial charge on any atom is -0.544 e. The van der Waals surface area contributed by atoms with Crippen molar-refractivity contribution >= 4 is 17.9 Å². The molecule has 8 heteroatoms. The number of rotatable bonds is 56. The van der Waals surface area contributed by atoms with E-state index in [2.05, 4.69) is 13.8 Å². The number of aliphatic carboxylic acids is 1. The van der Waals surface area contributed by atoms with Crippen molar-refractivity contribution < 1.29 is 38.2 Å². The molecule has 0 saturated heterocycles. The number of carbonyl (C=O) groups is 3. The number of esters is 2. The van der Waals surface area contributed by atoms with Crippen molar-refractivity contribution in [2.24, 2.45) is 0 Å². The number of hydrogen-bond acceptors (Lipinski definition) is 7. The van der Waals surface area contributed by atoms with Crippen molar-refractivity contribution in [3.05, 3.63) is 0 Å². The third-order valence-electron chi connectivity index (χ3n) is 14.2. The number of ether oxygens (including phenoxy) is 3. The Balaban J connectivity index is 4.08. The fourth-order valence-corrected chi connectivity index (χ4v) is 9.61. The minimum absolute atomic E-state index is 0.0503. The molecule has 0 N–H and O–H groups in total. The summed E-state index contributed by atoms with van der Waals surface area (Å²) < 4.78 is 17.3. The van der Waals surface area contributed by atoms with Crippen LogP contribution in [0.4, 0.5) is 0 Å². The van der Waals surface area contributed by atoms with Gasteiger partial charge in [0, 0.05) is 19.3 Å². The molecule has 0 aliphatic rings. The largest absolute Gasteiger partial charge is 0.544 e. The fraction of sp³-hybridized carbons (Fsp3) is 0.950. The van der Waals surface area contributed by atoms with Gasteiger partial charge in [0.2, 0.25) is 0 Å². The van der Waals surface area contributed by atoms with Crippen LogP contribution in [0.5, 0.6) is 0 Å². The number of likely N-dealkylation sites (N-methyl/N-ethyl adjacent to an activating group) is 1. The van der Waals surface area contributed by atoms with Crippen molar-refractivity contribution in [1.82, 2.24) is 0 Å². The van der Waals surface area contributed by atoms with Gasteiger partial charge in [-0.05, 0) is 12.8 Å². The van der Waals surface area contributed by atoms with E-state index in [1.807, 2.05) is 21.1 Å². The summed E-state index contributed by atoms with van der Waals surface area (Å²) in [6, 6.07) is -0.721. The van der Waals surface area contributed by atoms with E-state index in [1.54, 1.807) is 0 Å². The molecule has 0 aromatic heterocycles. The van der Waals surface area contributed by atoms with Gasteiger partial charge in [-0.2, -0.15) is 0 Å². The van der Waals surface area contributed by atoms with Crippen LogP contribution in [0.1, 0.15) is 316 Å². The lowest BCUT2D eigenvalue weighted by Gasteiger charge is -2.34. The van der Waals surface area contributed by atoms with E-state index in [4.69, 9.17) is 14.2 Å². The smallest absolute Gasteiger partial charge is 0.306 e. The molecule has 404 valence electrons. The number of carboxylic acids is 1. The summed E-state index contributed by atoms with van der Waals surface area (Å²) in [6.45, 7) is 4.75. The van der Waals surface area contributed by atoms with Gasteiger partial charge in [0.15, 0.2) is 6.10 Å². The van der Waals surface area contributed by atoms with E-state index in [9.17, 15) is 19.5 Å². The molecule has 0 radical (unpaired) electrons. The van der Waals surface area contributed by atoms with Crippen LogP contribution in [0.2, 0.25) is 0 Å². The first kappa shape index (κ1) is 66.3. The van der Waals surface area contributed by atoms with Crippen molar-refractivity contribution in [1.29, 1.82) is 0 Å². The molecule has 2 atom stereocenters. The molecule has 0 aromatic rings. The lowest BCUT2D eigenvalue weighted by molar-refractivity contribution is -0.889. The summed E-state index contributed by atoms with van der Waals surface area (Å²) in [6.07, 6.45) is 58.7. The third-order valence-corrected chi connectivity index (χ3v) is 14.2. The molecule has 0 spiro atoms. The van der Waals surface area contributed by atoms with E-state index >= 15 is 0 Å². The van der Waals surface area contributed by atoms with Crippen LogP contribution in [0.25, 0.3) is 0 Å². The van der Waals surface area contributed by atoms with Gasteiger partial charge in [-0.25, -0.2) is 0 Å². The second kappa shape index (κ2) is 51.7. The average Bonchev–Trinajstić information content (AvgIpc) is 3.30. The van der Waals surface area contributed by atoms with Gasteiger partial charge in [-0.3, -0.25) is 9.59 Å². The predicted octanol–water partition coefficient (Wildman–Crippen LogP) is 16.7. The number of nitrogens with zero attached hydrogens (tertiary/aromatic N) is 1. The second-order valence-electron chi connectivity index (χ2n) is 22.0. The van der Waals surface area contributed by atoms with Crippen molar-refractivity contribution in [3.8, 4) is 0 Å². The molecule has 0 rings (SSSR count). The standard InChI is InChI=1S/C60H117NO7/c1-6-8-10-12-14-16-18-20-22-24-26-28-29-31-33-35-37-39-41-43-45-47-49-51-59(63)68-56(54-66-53-52-57(60(64)65)61(3,4)5)55-67-58(62)50-48-46-44-42-40-38-36-34-32-30-27-25-23-21-19-17-15-13-11-9-7-2/h56-57H,6-55H2,1-5H3. The first-order valence-electron chi connectivity index (χ1n) is 30.1. The molecule has 0 aliphatic carbocycles. The average molecular weight is 965 g/mol. The molecular weight excluding hydrogens is 847 g/mol. The maximum Gasteiger partial charge on any atom is 0.306 e. The van der Waals surface area contributed by atoms with Gasteiger partial charge in [-0.1, -0.05) is 284 Å². The Morgan fingerprint density at radius 3 is 0.912 bits per heavy atom. The Bertz CT molecular complexity index is 1080. The highest BCUT2D eigenvalue weighted by Gasteiger charge is 2.25. The van der Waals surface area contributed by atoms with Crippen LogP contribution in [0.3, 0.4) is 0 Å². The summed E-state index contributed by atoms with van der Waals surface area (Å²) in [5, 5.41) is 11.7. The number of quaternary nitrogens is 1. The fourth-order valence-electron chi connectivity index (χ4n) is 9.61. The maximum absolute atomic E-state index is 12.8. The molecule has 68 heavy (non-hydrogen) atoms. The Hall–Kier alpha value is -1.67. The summed E-state index contributed by atoms with van der Waals surface area (Å²) in [7, 11) is 5.44. The van der Waals surface area contributed by atoms with E-state index in [0.29, 0.717) is 12.8 Å². The highest BCUT2D eigenvalue weighted by atomic mass is 16.6. The van der Waals surface area contributed by atoms with Crippen molar-refractivity contribution in [3.63, 3.8) is 0 Å². The topological polar surface area (TPSA) is 102 Å². The van der Waals surface area contributed by atoms with Crippen LogP contribution < -0.4 is 5.11 Å². The van der Waals surface area contributed by atoms with Gasteiger partial charge in [-0.15, -0.1) is 0 Å². The molecule has 0 amide bonds. The molecule has 0 aromatic carbocycles. The normalized spacial score (nSPS) is 12.7. The molecule has 2 unspecified atom stereocenters. The van der Waals surface area contributed by atoms with Crippen LogP contribution in [0, 0.1) is 0 Å². The molecule has 8 nitrogen and oxygen atoms in total. The zero-order valence-electron chi connectivity index (χ0n) is 46.3. The Labute approximate surface area is 423 Å². The zero-order valence-corrected chi connectivity index (χ0v) is 46.3. The molecule has 0 aliphatic heterocycles. The number of hydrogen-bond donors (Lipinski definition) is 0. The first-order chi connectivity index (χ1) is 33.1. The number of carboxylic acid groups (broad SMARTS) is 1. The Kier molecular flexibility index (Phi) is 50.4. The van der Waals surface area contributed by atoms with E-state index < -0.39 is 18.1 Å². The molecule has 0 bridgehead atoms. The van der Waals surface area contributed by atoms with E-state index in [-0.39, 0.29) is 42.7 Å². The van der Waals surface area contributed by atoms with Gasteiger partial charge in [0.05, 0.1) is 40.3 Å². The van der Waals surface area contributed by atoms with Crippen LogP contribution in [-0.2, 0) is 28.6 Å². The quantitative estimate of drug-likeness (QED) is 0.0340. The van der Waals surface area contributed by atoms with Gasteiger partial charge in [0.1, 0.15) is 12.6 Å². The Morgan fingerprint density at radius 2 is 0.647 bits per heavy atom. The Morgan fingerprint density at radius 1 is 0.382 bits per heavy atom. The lowest BCUT2D eigenvalue weighted by atomic mass is 10.0. The zero-order chi connectivity index (χ0) is 49.9. The minimum atomic E-state index is -1.12. The summed E-state index contributed by atoms with van der Waals surface area (Å²) >= 11 is 0. The summed E-state index contributed by atoms with van der Waals surface area (Å²) in [5.74, 6) is -1.70. The molecule has 0 fully saturated rings. The van der Waals surface area contributed by atoms with E-state index in [0.717, 1.165) is 38.5 Å². The summed E-state index contributed by atoms with van der Waals surface area (Å²) in [4.78, 5) is 37.2. The first-order valence-corrected chi connectivity index (χ1v) is 30.1. The van der Waals surface area contributed by atoms with Crippen molar-refractivity contribution in [2.75, 3.05) is 41.0 Å². The predicted molar refractivity (Wildman–Crippen MR) is 287 cm³/mol. The highest BCUT2D eigenvalue weighted by Crippen LogP contribution is 2.18. The van der Waals surface area contributed by atoms with Gasteiger partial charge in [0.25, 0.3) is 0 Å². The molecule has 0 saturated carbocycles. The maximum atomic E-state index is 12.8. The number of carbonyl (C=O) groups excluding carboxylic acids is 3. The van der Waals surface area contributed by atoms with Crippen molar-refractivity contribution in [2.45, 2.75) is 328 Å². The highest BCUT2D eigenvalue weighted by molar-refractivity contribution is 5.70. The van der Waals surface area contributed by atoms with Gasteiger partial charge >= 0.3 is 11.9 Å². The SMILES string of the molecule is CCCCCCCCCCCCCCCCCCCCCCCCCC(=O)OC(COCCC(C(=O)[O-])[N+](C)(C)C)COC(=O)CCCCCCCCCCCCCCCCCCCCCCC. The summed E-state index contributed by atoms with van der Waals surface area (Å²) in [5.41, 5.74) is 0.